The third kappa shape index (κ3) is 4.80. The average molecular weight is 325 g/mol. The number of hydrogen-bond donors (Lipinski definition) is 0. The summed E-state index contributed by atoms with van der Waals surface area (Å²) in [4.78, 5) is 1.76. The summed E-state index contributed by atoms with van der Waals surface area (Å²) in [5, 5.41) is 0. The largest absolute Gasteiger partial charge is 0.366 e. The van der Waals surface area contributed by atoms with Gasteiger partial charge in [0.2, 0.25) is 0 Å². The van der Waals surface area contributed by atoms with Crippen molar-refractivity contribution < 1.29 is 17.2 Å². The SMILES string of the molecule is CS(=O)(=O)CCN(Cc1ccc(F)cc1F)c1ccccc1. The summed E-state index contributed by atoms with van der Waals surface area (Å²) in [7, 11) is -3.13. The lowest BCUT2D eigenvalue weighted by Gasteiger charge is -2.25. The van der Waals surface area contributed by atoms with Crippen LogP contribution in [0.4, 0.5) is 14.5 Å². The first-order valence-corrected chi connectivity index (χ1v) is 8.83. The van der Waals surface area contributed by atoms with Gasteiger partial charge in [0.1, 0.15) is 21.5 Å². The Bertz CT molecular complexity index is 733. The maximum atomic E-state index is 13.8. The van der Waals surface area contributed by atoms with Gasteiger partial charge in [-0.1, -0.05) is 24.3 Å². The molecular weight excluding hydrogens is 308 g/mol. The van der Waals surface area contributed by atoms with Crippen LogP contribution in [0.5, 0.6) is 0 Å². The highest BCUT2D eigenvalue weighted by molar-refractivity contribution is 7.90. The molecule has 0 unspecified atom stereocenters. The third-order valence-electron chi connectivity index (χ3n) is 3.23. The Kier molecular flexibility index (Phi) is 5.13. The van der Waals surface area contributed by atoms with Gasteiger partial charge in [0.05, 0.1) is 5.75 Å². The molecule has 3 nitrogen and oxygen atoms in total. The van der Waals surface area contributed by atoms with Crippen LogP contribution in [0.1, 0.15) is 5.56 Å². The molecule has 0 fully saturated rings. The second-order valence-corrected chi connectivity index (χ2v) is 7.38. The van der Waals surface area contributed by atoms with E-state index in [4.69, 9.17) is 0 Å². The van der Waals surface area contributed by atoms with Gasteiger partial charge in [0.25, 0.3) is 0 Å². The van der Waals surface area contributed by atoms with Crippen LogP contribution in [0, 0.1) is 11.6 Å². The van der Waals surface area contributed by atoms with E-state index in [0.717, 1.165) is 18.0 Å². The number of anilines is 1. The van der Waals surface area contributed by atoms with Crippen LogP contribution in [-0.2, 0) is 16.4 Å². The first-order chi connectivity index (χ1) is 10.3. The van der Waals surface area contributed by atoms with E-state index in [9.17, 15) is 17.2 Å². The van der Waals surface area contributed by atoms with E-state index in [1.807, 2.05) is 30.3 Å². The lowest BCUT2D eigenvalue weighted by atomic mass is 10.1. The minimum atomic E-state index is -3.13. The van der Waals surface area contributed by atoms with Gasteiger partial charge in [-0.3, -0.25) is 0 Å². The smallest absolute Gasteiger partial charge is 0.149 e. The number of halogens is 2. The molecule has 6 heteroatoms. The van der Waals surface area contributed by atoms with E-state index in [-0.39, 0.29) is 18.8 Å². The van der Waals surface area contributed by atoms with E-state index in [1.54, 1.807) is 4.90 Å². The van der Waals surface area contributed by atoms with Crippen molar-refractivity contribution in [3.05, 3.63) is 65.7 Å². The van der Waals surface area contributed by atoms with E-state index < -0.39 is 21.5 Å². The van der Waals surface area contributed by atoms with Crippen LogP contribution in [0.3, 0.4) is 0 Å². The fraction of sp³-hybridized carbons (Fsp3) is 0.250. The molecule has 0 atom stereocenters. The molecule has 0 aliphatic heterocycles. The molecule has 0 bridgehead atoms. The van der Waals surface area contributed by atoms with Gasteiger partial charge < -0.3 is 4.90 Å². The zero-order valence-corrected chi connectivity index (χ0v) is 13.0. The van der Waals surface area contributed by atoms with E-state index in [1.165, 1.54) is 12.1 Å². The van der Waals surface area contributed by atoms with Crippen molar-refractivity contribution in [2.24, 2.45) is 0 Å². The molecule has 0 aromatic heterocycles. The van der Waals surface area contributed by atoms with Crippen LogP contribution < -0.4 is 4.90 Å². The lowest BCUT2D eigenvalue weighted by Crippen LogP contribution is -2.29. The molecule has 0 saturated heterocycles. The van der Waals surface area contributed by atoms with E-state index in [0.29, 0.717) is 5.56 Å². The second kappa shape index (κ2) is 6.87. The minimum Gasteiger partial charge on any atom is -0.366 e. The number of rotatable bonds is 6. The molecule has 0 radical (unpaired) electrons. The van der Waals surface area contributed by atoms with Crippen LogP contribution in [0.2, 0.25) is 0 Å². The normalized spacial score (nSPS) is 11.4. The highest BCUT2D eigenvalue weighted by Crippen LogP contribution is 2.19. The molecule has 0 saturated carbocycles. The van der Waals surface area contributed by atoms with Crippen LogP contribution in [-0.4, -0.2) is 27.0 Å². The minimum absolute atomic E-state index is 0.0370. The summed E-state index contributed by atoms with van der Waals surface area (Å²) in [6.07, 6.45) is 1.16. The molecule has 118 valence electrons. The van der Waals surface area contributed by atoms with Gasteiger partial charge in [0.15, 0.2) is 0 Å². The Labute approximate surface area is 129 Å². The quantitative estimate of drug-likeness (QED) is 0.819. The monoisotopic (exact) mass is 325 g/mol. The third-order valence-corrected chi connectivity index (χ3v) is 4.15. The molecule has 0 N–H and O–H groups in total. The topological polar surface area (TPSA) is 37.4 Å². The molecule has 0 spiro atoms. The Balaban J connectivity index is 2.24. The van der Waals surface area contributed by atoms with Crippen molar-refractivity contribution in [1.29, 1.82) is 0 Å². The van der Waals surface area contributed by atoms with Gasteiger partial charge in [-0.15, -0.1) is 0 Å². The number of para-hydroxylation sites is 1. The first kappa shape index (κ1) is 16.4. The zero-order valence-electron chi connectivity index (χ0n) is 12.2. The predicted octanol–water partition coefficient (Wildman–Crippen LogP) is 3.02. The first-order valence-electron chi connectivity index (χ1n) is 6.77. The van der Waals surface area contributed by atoms with Gasteiger partial charge in [-0.2, -0.15) is 0 Å². The van der Waals surface area contributed by atoms with E-state index >= 15 is 0 Å². The van der Waals surface area contributed by atoms with Crippen LogP contribution >= 0.6 is 0 Å². The Hall–Kier alpha value is -1.95. The molecule has 2 aromatic carbocycles. The summed E-state index contributed by atoms with van der Waals surface area (Å²) in [6, 6.07) is 12.5. The molecule has 0 heterocycles. The van der Waals surface area contributed by atoms with Crippen molar-refractivity contribution in [3.8, 4) is 0 Å². The van der Waals surface area contributed by atoms with Crippen molar-refractivity contribution in [2.45, 2.75) is 6.54 Å². The van der Waals surface area contributed by atoms with Crippen molar-refractivity contribution >= 4 is 15.5 Å². The molecule has 22 heavy (non-hydrogen) atoms. The zero-order chi connectivity index (χ0) is 16.2. The summed E-state index contributed by atoms with van der Waals surface area (Å²) in [5.41, 5.74) is 1.11. The Morgan fingerprint density at radius 1 is 1.05 bits per heavy atom. The van der Waals surface area contributed by atoms with Gasteiger partial charge in [0, 0.05) is 36.7 Å². The molecular formula is C16H17F2NO2S. The highest BCUT2D eigenvalue weighted by Gasteiger charge is 2.13. The Morgan fingerprint density at radius 2 is 1.73 bits per heavy atom. The Morgan fingerprint density at radius 3 is 2.32 bits per heavy atom. The van der Waals surface area contributed by atoms with Crippen molar-refractivity contribution in [2.75, 3.05) is 23.5 Å². The fourth-order valence-electron chi connectivity index (χ4n) is 2.07. The maximum Gasteiger partial charge on any atom is 0.149 e. The van der Waals surface area contributed by atoms with Crippen molar-refractivity contribution in [3.63, 3.8) is 0 Å². The number of nitrogens with zero attached hydrogens (tertiary/aromatic N) is 1. The lowest BCUT2D eigenvalue weighted by molar-refractivity contribution is 0.569. The number of sulfone groups is 1. The average Bonchev–Trinajstić information content (AvgIpc) is 2.45. The van der Waals surface area contributed by atoms with Crippen LogP contribution in [0.25, 0.3) is 0 Å². The standard InChI is InChI=1S/C16H17F2NO2S/c1-22(20,21)10-9-19(15-5-3-2-4-6-15)12-13-7-8-14(17)11-16(13)18/h2-8,11H,9-10,12H2,1H3. The molecule has 0 aliphatic carbocycles. The molecule has 0 amide bonds. The highest BCUT2D eigenvalue weighted by atomic mass is 32.2. The fourth-order valence-corrected chi connectivity index (χ4v) is 2.62. The predicted molar refractivity (Wildman–Crippen MR) is 83.6 cm³/mol. The maximum absolute atomic E-state index is 13.8. The van der Waals surface area contributed by atoms with Gasteiger partial charge in [-0.25, -0.2) is 17.2 Å². The summed E-state index contributed by atoms with van der Waals surface area (Å²) < 4.78 is 49.6. The number of hydrogen-bond acceptors (Lipinski definition) is 3. The second-order valence-electron chi connectivity index (χ2n) is 5.12. The number of benzene rings is 2. The molecule has 2 rings (SSSR count). The molecule has 0 aliphatic rings. The van der Waals surface area contributed by atoms with Crippen LogP contribution in [0.15, 0.2) is 48.5 Å². The van der Waals surface area contributed by atoms with E-state index in [2.05, 4.69) is 0 Å². The summed E-state index contributed by atoms with van der Waals surface area (Å²) in [5.74, 6) is -1.31. The van der Waals surface area contributed by atoms with Crippen molar-refractivity contribution in [1.82, 2.24) is 0 Å². The molecule has 2 aromatic rings. The summed E-state index contributed by atoms with van der Waals surface area (Å²) in [6.45, 7) is 0.408. The van der Waals surface area contributed by atoms with Gasteiger partial charge >= 0.3 is 0 Å². The summed E-state index contributed by atoms with van der Waals surface area (Å²) >= 11 is 0. The van der Waals surface area contributed by atoms with Gasteiger partial charge in [-0.05, 0) is 18.2 Å².